The highest BCUT2D eigenvalue weighted by atomic mass is 32.1. The quantitative estimate of drug-likeness (QED) is 0.178. The van der Waals surface area contributed by atoms with E-state index in [1.165, 1.54) is 6.92 Å². The van der Waals surface area contributed by atoms with Gasteiger partial charge in [-0.3, -0.25) is 14.4 Å². The van der Waals surface area contributed by atoms with Crippen molar-refractivity contribution in [3.63, 3.8) is 0 Å². The van der Waals surface area contributed by atoms with Crippen molar-refractivity contribution in [2.75, 3.05) is 18.9 Å². The van der Waals surface area contributed by atoms with Crippen LogP contribution >= 0.6 is 12.6 Å². The van der Waals surface area contributed by atoms with E-state index in [-0.39, 0.29) is 5.75 Å². The molecule has 11 nitrogen and oxygen atoms in total. The Labute approximate surface area is 143 Å². The first kappa shape index (κ1) is 22.1. The average molecular weight is 366 g/mol. The predicted octanol–water partition coefficient (Wildman–Crippen LogP) is -4.21. The molecule has 0 aromatic heterocycles. The van der Waals surface area contributed by atoms with Gasteiger partial charge in [0.05, 0.1) is 19.3 Å². The lowest BCUT2D eigenvalue weighted by Crippen LogP contribution is -2.59. The Morgan fingerprint density at radius 1 is 1.08 bits per heavy atom. The first-order chi connectivity index (χ1) is 11.2. The molecular formula is C12H22N4O7S. The maximum Gasteiger partial charge on any atom is 0.327 e. The van der Waals surface area contributed by atoms with Crippen LogP contribution in [0.15, 0.2) is 0 Å². The lowest BCUT2D eigenvalue weighted by Gasteiger charge is -2.24. The van der Waals surface area contributed by atoms with Gasteiger partial charge in [0.25, 0.3) is 0 Å². The zero-order valence-electron chi connectivity index (χ0n) is 12.9. The van der Waals surface area contributed by atoms with Crippen molar-refractivity contribution >= 4 is 36.3 Å². The number of rotatable bonds is 10. The number of nitrogens with two attached hydrogens (primary N) is 1. The van der Waals surface area contributed by atoms with Crippen LogP contribution in [-0.4, -0.2) is 82.1 Å². The molecule has 24 heavy (non-hydrogen) atoms. The molecule has 0 rings (SSSR count). The highest BCUT2D eigenvalue weighted by Crippen LogP contribution is 1.97. The van der Waals surface area contributed by atoms with Crippen LogP contribution in [0.5, 0.6) is 0 Å². The van der Waals surface area contributed by atoms with Crippen LogP contribution in [0, 0.1) is 0 Å². The Kier molecular flexibility index (Phi) is 9.95. The lowest BCUT2D eigenvalue weighted by molar-refractivity contribution is -0.142. The summed E-state index contributed by atoms with van der Waals surface area (Å²) in [6.07, 6.45) is -1.30. The van der Waals surface area contributed by atoms with E-state index in [1.807, 2.05) is 0 Å². The van der Waals surface area contributed by atoms with E-state index in [0.717, 1.165) is 0 Å². The second kappa shape index (κ2) is 10.8. The topological polar surface area (TPSA) is 191 Å². The number of hydrogen-bond acceptors (Lipinski definition) is 8. The Balaban J connectivity index is 4.94. The molecular weight excluding hydrogens is 344 g/mol. The van der Waals surface area contributed by atoms with Gasteiger partial charge in [0.2, 0.25) is 17.7 Å². The summed E-state index contributed by atoms with van der Waals surface area (Å²) in [5.41, 5.74) is 5.10. The molecule has 0 saturated heterocycles. The minimum atomic E-state index is -1.48. The number of hydrogen-bond donors (Lipinski definition) is 8. The minimum absolute atomic E-state index is 0.198. The van der Waals surface area contributed by atoms with Gasteiger partial charge >= 0.3 is 5.97 Å². The van der Waals surface area contributed by atoms with Crippen LogP contribution in [0.1, 0.15) is 6.92 Å². The van der Waals surface area contributed by atoms with E-state index in [1.54, 1.807) is 0 Å². The molecule has 0 radical (unpaired) electrons. The Bertz CT molecular complexity index is 474. The minimum Gasteiger partial charge on any atom is -0.480 e. The molecule has 0 aromatic carbocycles. The van der Waals surface area contributed by atoms with Gasteiger partial charge in [0.15, 0.2) is 0 Å². The molecule has 0 aliphatic carbocycles. The number of carboxylic acid groups (broad SMARTS) is 1. The van der Waals surface area contributed by atoms with Gasteiger partial charge < -0.3 is 37.0 Å². The van der Waals surface area contributed by atoms with E-state index in [0.29, 0.717) is 0 Å². The SMILES string of the molecule is CC(O)C(NC(=O)CN)C(=O)NC(CO)C(=O)NC(CS)C(=O)O. The first-order valence-electron chi connectivity index (χ1n) is 6.90. The smallest absolute Gasteiger partial charge is 0.327 e. The van der Waals surface area contributed by atoms with E-state index in [4.69, 9.17) is 10.8 Å². The van der Waals surface area contributed by atoms with E-state index < -0.39 is 61.1 Å². The van der Waals surface area contributed by atoms with E-state index in [9.17, 15) is 29.4 Å². The number of carbonyl (C=O) groups is 4. The number of carboxylic acids is 1. The molecule has 0 fully saturated rings. The van der Waals surface area contributed by atoms with Gasteiger partial charge in [0, 0.05) is 5.75 Å². The number of thiol groups is 1. The Morgan fingerprint density at radius 2 is 1.62 bits per heavy atom. The van der Waals surface area contributed by atoms with Crippen molar-refractivity contribution < 1.29 is 34.5 Å². The summed E-state index contributed by atoms with van der Waals surface area (Å²) in [5, 5.41) is 33.9. The summed E-state index contributed by atoms with van der Waals surface area (Å²) in [6.45, 7) is -0.00702. The highest BCUT2D eigenvalue weighted by molar-refractivity contribution is 7.80. The van der Waals surface area contributed by atoms with Crippen molar-refractivity contribution in [2.45, 2.75) is 31.2 Å². The second-order valence-electron chi connectivity index (χ2n) is 4.82. The molecule has 0 aliphatic rings. The van der Waals surface area contributed by atoms with Crippen LogP contribution < -0.4 is 21.7 Å². The largest absolute Gasteiger partial charge is 0.480 e. The molecule has 12 heteroatoms. The zero-order valence-corrected chi connectivity index (χ0v) is 13.8. The third kappa shape index (κ3) is 7.12. The van der Waals surface area contributed by atoms with Crippen LogP contribution in [0.2, 0.25) is 0 Å². The van der Waals surface area contributed by atoms with Crippen molar-refractivity contribution in [3.05, 3.63) is 0 Å². The molecule has 0 aliphatic heterocycles. The Morgan fingerprint density at radius 3 is 2.00 bits per heavy atom. The summed E-state index contributed by atoms with van der Waals surface area (Å²) in [6, 6.07) is -4.19. The van der Waals surface area contributed by atoms with Gasteiger partial charge in [-0.2, -0.15) is 12.6 Å². The van der Waals surface area contributed by atoms with Crippen LogP contribution in [0.4, 0.5) is 0 Å². The van der Waals surface area contributed by atoms with Crippen molar-refractivity contribution in [1.29, 1.82) is 0 Å². The van der Waals surface area contributed by atoms with Gasteiger partial charge in [-0.1, -0.05) is 0 Å². The molecule has 0 saturated carbocycles. The summed E-state index contributed by atoms with van der Waals surface area (Å²) >= 11 is 3.77. The van der Waals surface area contributed by atoms with Crippen LogP contribution in [-0.2, 0) is 19.2 Å². The van der Waals surface area contributed by atoms with E-state index >= 15 is 0 Å². The zero-order chi connectivity index (χ0) is 18.9. The molecule has 8 N–H and O–H groups in total. The molecule has 138 valence electrons. The standard InChI is InChI=1S/C12H22N4O7S/c1-5(18)9(16-8(19)2-13)11(21)14-6(3-17)10(20)15-7(4-24)12(22)23/h5-7,9,17-18,24H,2-4,13H2,1H3,(H,14,21)(H,15,20)(H,16,19)(H,22,23). The fourth-order valence-corrected chi connectivity index (χ4v) is 1.80. The number of amides is 3. The van der Waals surface area contributed by atoms with Crippen molar-refractivity contribution in [2.24, 2.45) is 5.73 Å². The second-order valence-corrected chi connectivity index (χ2v) is 5.18. The number of aliphatic carboxylic acids is 1. The molecule has 0 spiro atoms. The maximum atomic E-state index is 12.0. The summed E-state index contributed by atoms with van der Waals surface area (Å²) < 4.78 is 0. The van der Waals surface area contributed by atoms with Gasteiger partial charge in [-0.15, -0.1) is 0 Å². The summed E-state index contributed by atoms with van der Waals surface area (Å²) in [7, 11) is 0. The van der Waals surface area contributed by atoms with Crippen molar-refractivity contribution in [3.8, 4) is 0 Å². The monoisotopic (exact) mass is 366 g/mol. The number of aliphatic hydroxyl groups excluding tert-OH is 2. The third-order valence-corrected chi connectivity index (χ3v) is 3.24. The lowest BCUT2D eigenvalue weighted by atomic mass is 10.1. The normalized spacial score (nSPS) is 15.5. The first-order valence-corrected chi connectivity index (χ1v) is 7.53. The highest BCUT2D eigenvalue weighted by Gasteiger charge is 2.30. The molecule has 4 atom stereocenters. The average Bonchev–Trinajstić information content (AvgIpc) is 2.53. The van der Waals surface area contributed by atoms with Crippen LogP contribution in [0.25, 0.3) is 0 Å². The Hall–Kier alpha value is -1.89. The summed E-state index contributed by atoms with van der Waals surface area (Å²) in [4.78, 5) is 46.0. The fourth-order valence-electron chi connectivity index (χ4n) is 1.55. The summed E-state index contributed by atoms with van der Waals surface area (Å²) in [5.74, 6) is -4.14. The molecule has 3 amide bonds. The van der Waals surface area contributed by atoms with E-state index in [2.05, 4.69) is 28.6 Å². The molecule has 4 unspecified atom stereocenters. The van der Waals surface area contributed by atoms with Gasteiger partial charge in [0.1, 0.15) is 18.1 Å². The number of nitrogens with one attached hydrogen (secondary N) is 3. The predicted molar refractivity (Wildman–Crippen MR) is 85.1 cm³/mol. The third-order valence-electron chi connectivity index (χ3n) is 2.88. The van der Waals surface area contributed by atoms with Gasteiger partial charge in [-0.25, -0.2) is 4.79 Å². The number of aliphatic hydroxyl groups is 2. The number of carbonyl (C=O) groups excluding carboxylic acids is 3. The molecule has 0 heterocycles. The van der Waals surface area contributed by atoms with Crippen LogP contribution in [0.3, 0.4) is 0 Å². The molecule has 0 aromatic rings. The maximum absolute atomic E-state index is 12.0. The van der Waals surface area contributed by atoms with Gasteiger partial charge in [-0.05, 0) is 6.92 Å². The molecule has 0 bridgehead atoms. The fraction of sp³-hybridized carbons (Fsp3) is 0.667. The van der Waals surface area contributed by atoms with Crippen molar-refractivity contribution in [1.82, 2.24) is 16.0 Å².